The van der Waals surface area contributed by atoms with Gasteiger partial charge in [-0.05, 0) is 24.6 Å². The van der Waals surface area contributed by atoms with E-state index in [9.17, 15) is 21.6 Å². The van der Waals surface area contributed by atoms with Gasteiger partial charge < -0.3 is 0 Å². The van der Waals surface area contributed by atoms with Crippen molar-refractivity contribution in [1.29, 1.82) is 0 Å². The maximum Gasteiger partial charge on any atom is 0.398 e. The molecule has 7 heteroatoms. The van der Waals surface area contributed by atoms with Gasteiger partial charge in [0.1, 0.15) is 5.92 Å². The minimum Gasteiger partial charge on any atom is -0.265 e. The lowest BCUT2D eigenvalue weighted by atomic mass is 10.00. The normalized spacial score (nSPS) is 13.7. The Bertz CT molecular complexity index is 738. The molecule has 3 nitrogen and oxygen atoms in total. The van der Waals surface area contributed by atoms with Crippen LogP contribution in [0.1, 0.15) is 17.0 Å². The Balaban J connectivity index is 2.20. The first-order valence-electron chi connectivity index (χ1n) is 6.78. The average Bonchev–Trinajstić information content (AvgIpc) is 2.47. The van der Waals surface area contributed by atoms with E-state index in [-0.39, 0.29) is 10.5 Å². The fraction of sp³-hybridized carbons (Fsp3) is 0.250. The average molecular weight is 344 g/mol. The minimum absolute atomic E-state index is 0.0425. The highest BCUT2D eigenvalue weighted by atomic mass is 32.2. The summed E-state index contributed by atoms with van der Waals surface area (Å²) in [6.07, 6.45) is -4.61. The van der Waals surface area contributed by atoms with Gasteiger partial charge in [0.05, 0.1) is 11.5 Å². The molecule has 1 atom stereocenters. The molecule has 0 aromatic heterocycles. The van der Waals surface area contributed by atoms with Gasteiger partial charge in [0.2, 0.25) is 0 Å². The zero-order chi connectivity index (χ0) is 17.1. The molecule has 2 aromatic rings. The summed E-state index contributed by atoms with van der Waals surface area (Å²) in [4.78, 5) is -0.169. The van der Waals surface area contributed by atoms with Gasteiger partial charge in [0.25, 0.3) is 10.1 Å². The summed E-state index contributed by atoms with van der Waals surface area (Å²) in [6, 6.07) is 12.8. The van der Waals surface area contributed by atoms with Crippen molar-refractivity contribution in [2.24, 2.45) is 0 Å². The van der Waals surface area contributed by atoms with Crippen molar-refractivity contribution in [2.45, 2.75) is 23.9 Å². The molecule has 2 aromatic carbocycles. The topological polar surface area (TPSA) is 43.4 Å². The summed E-state index contributed by atoms with van der Waals surface area (Å²) >= 11 is 0. The van der Waals surface area contributed by atoms with Gasteiger partial charge >= 0.3 is 6.18 Å². The summed E-state index contributed by atoms with van der Waals surface area (Å²) in [7, 11) is -4.24. The Hall–Kier alpha value is -1.86. The van der Waals surface area contributed by atoms with E-state index in [1.807, 2.05) is 0 Å². The standard InChI is InChI=1S/C16H15F3O3S/c1-12-7-9-14(10-8-12)23(20,21)22-11-15(16(17,18)19)13-5-3-2-4-6-13/h2-10,15H,11H2,1H3. The number of aryl methyl sites for hydroxylation is 1. The van der Waals surface area contributed by atoms with E-state index < -0.39 is 28.8 Å². The number of benzene rings is 2. The zero-order valence-corrected chi connectivity index (χ0v) is 13.1. The van der Waals surface area contributed by atoms with Crippen LogP contribution in [0.15, 0.2) is 59.5 Å². The van der Waals surface area contributed by atoms with Gasteiger partial charge in [0, 0.05) is 0 Å². The highest BCUT2D eigenvalue weighted by Gasteiger charge is 2.41. The first-order valence-corrected chi connectivity index (χ1v) is 8.19. The number of hydrogen-bond acceptors (Lipinski definition) is 3. The Kier molecular flexibility index (Phi) is 5.11. The Labute approximate surface area is 132 Å². The molecule has 2 rings (SSSR count). The van der Waals surface area contributed by atoms with E-state index in [1.165, 1.54) is 36.4 Å². The first kappa shape index (κ1) is 17.5. The van der Waals surface area contributed by atoms with E-state index >= 15 is 0 Å². The second-order valence-electron chi connectivity index (χ2n) is 5.06. The lowest BCUT2D eigenvalue weighted by Gasteiger charge is -2.20. The monoisotopic (exact) mass is 344 g/mol. The fourth-order valence-corrected chi connectivity index (χ4v) is 2.92. The third-order valence-corrected chi connectivity index (χ3v) is 4.59. The zero-order valence-electron chi connectivity index (χ0n) is 12.2. The summed E-state index contributed by atoms with van der Waals surface area (Å²) in [5.41, 5.74) is 0.792. The van der Waals surface area contributed by atoms with E-state index in [4.69, 9.17) is 0 Å². The maximum atomic E-state index is 13.2. The van der Waals surface area contributed by atoms with Crippen LogP contribution in [0.4, 0.5) is 13.2 Å². The van der Waals surface area contributed by atoms with Crippen molar-refractivity contribution in [3.8, 4) is 0 Å². The maximum absolute atomic E-state index is 13.2. The van der Waals surface area contributed by atoms with Crippen LogP contribution in [0.25, 0.3) is 0 Å². The minimum atomic E-state index is -4.61. The lowest BCUT2D eigenvalue weighted by Crippen LogP contribution is -2.26. The van der Waals surface area contributed by atoms with Crippen LogP contribution < -0.4 is 0 Å². The van der Waals surface area contributed by atoms with Crippen molar-refractivity contribution < 1.29 is 25.8 Å². The Morgan fingerprint density at radius 3 is 2.09 bits per heavy atom. The molecular weight excluding hydrogens is 329 g/mol. The third-order valence-electron chi connectivity index (χ3n) is 3.30. The first-order chi connectivity index (χ1) is 10.7. The molecule has 0 heterocycles. The number of hydrogen-bond donors (Lipinski definition) is 0. The molecule has 0 N–H and O–H groups in total. The summed E-state index contributed by atoms with van der Waals surface area (Å²) in [6.45, 7) is 0.774. The van der Waals surface area contributed by atoms with Crippen LogP contribution in [0.5, 0.6) is 0 Å². The smallest absolute Gasteiger partial charge is 0.265 e. The quantitative estimate of drug-likeness (QED) is 0.769. The van der Waals surface area contributed by atoms with E-state index in [0.29, 0.717) is 0 Å². The second kappa shape index (κ2) is 6.72. The van der Waals surface area contributed by atoms with Crippen LogP contribution in [0.3, 0.4) is 0 Å². The van der Waals surface area contributed by atoms with Crippen LogP contribution in [0.2, 0.25) is 0 Å². The van der Waals surface area contributed by atoms with Crippen molar-refractivity contribution in [3.05, 3.63) is 65.7 Å². The van der Waals surface area contributed by atoms with Crippen LogP contribution in [0, 0.1) is 6.92 Å². The molecule has 0 spiro atoms. The second-order valence-corrected chi connectivity index (χ2v) is 6.67. The summed E-state index contributed by atoms with van der Waals surface area (Å²) < 4.78 is 68.2. The predicted octanol–water partition coefficient (Wildman–Crippen LogP) is 4.05. The predicted molar refractivity (Wildman–Crippen MR) is 79.6 cm³/mol. The molecule has 0 saturated heterocycles. The van der Waals surface area contributed by atoms with Gasteiger partial charge in [-0.3, -0.25) is 4.18 Å². The Morgan fingerprint density at radius 2 is 1.57 bits per heavy atom. The molecule has 124 valence electrons. The van der Waals surface area contributed by atoms with Crippen LogP contribution in [-0.4, -0.2) is 21.2 Å². The molecule has 0 aliphatic heterocycles. The molecule has 0 saturated carbocycles. The van der Waals surface area contributed by atoms with Crippen LogP contribution in [-0.2, 0) is 14.3 Å². The summed E-state index contributed by atoms with van der Waals surface area (Å²) in [5.74, 6) is -2.01. The van der Waals surface area contributed by atoms with Gasteiger partial charge in [-0.25, -0.2) is 0 Å². The molecular formula is C16H15F3O3S. The van der Waals surface area contributed by atoms with E-state index in [2.05, 4.69) is 4.18 Å². The van der Waals surface area contributed by atoms with Crippen molar-refractivity contribution in [3.63, 3.8) is 0 Å². The molecule has 0 aliphatic rings. The van der Waals surface area contributed by atoms with Crippen molar-refractivity contribution in [1.82, 2.24) is 0 Å². The van der Waals surface area contributed by atoms with Gasteiger partial charge in [-0.15, -0.1) is 0 Å². The van der Waals surface area contributed by atoms with Crippen molar-refractivity contribution in [2.75, 3.05) is 6.61 Å². The van der Waals surface area contributed by atoms with Crippen molar-refractivity contribution >= 4 is 10.1 Å². The number of alkyl halides is 3. The highest BCUT2D eigenvalue weighted by Crippen LogP contribution is 2.35. The fourth-order valence-electron chi connectivity index (χ4n) is 2.00. The molecule has 0 radical (unpaired) electrons. The van der Waals surface area contributed by atoms with E-state index in [0.717, 1.165) is 5.56 Å². The largest absolute Gasteiger partial charge is 0.398 e. The number of rotatable bonds is 5. The Morgan fingerprint density at radius 1 is 1.00 bits per heavy atom. The van der Waals surface area contributed by atoms with Crippen LogP contribution >= 0.6 is 0 Å². The van der Waals surface area contributed by atoms with Gasteiger partial charge in [-0.2, -0.15) is 21.6 Å². The lowest BCUT2D eigenvalue weighted by molar-refractivity contribution is -0.156. The highest BCUT2D eigenvalue weighted by molar-refractivity contribution is 7.86. The SMILES string of the molecule is Cc1ccc(S(=O)(=O)OCC(c2ccccc2)C(F)(F)F)cc1. The van der Waals surface area contributed by atoms with Gasteiger partial charge in [0.15, 0.2) is 0 Å². The molecule has 1 unspecified atom stereocenters. The summed E-state index contributed by atoms with van der Waals surface area (Å²) in [5, 5.41) is 0. The molecule has 23 heavy (non-hydrogen) atoms. The molecule has 0 amide bonds. The molecule has 0 fully saturated rings. The van der Waals surface area contributed by atoms with E-state index in [1.54, 1.807) is 25.1 Å². The molecule has 0 aliphatic carbocycles. The van der Waals surface area contributed by atoms with Gasteiger partial charge in [-0.1, -0.05) is 48.0 Å². The molecule has 0 bridgehead atoms. The third kappa shape index (κ3) is 4.56. The number of halogens is 3.